The zero-order chi connectivity index (χ0) is 9.97. The molecule has 0 fully saturated rings. The molecule has 0 saturated heterocycles. The van der Waals surface area contributed by atoms with Crippen molar-refractivity contribution >= 4 is 11.6 Å². The van der Waals surface area contributed by atoms with E-state index in [0.717, 1.165) is 17.9 Å². The van der Waals surface area contributed by atoms with E-state index >= 15 is 0 Å². The molecule has 0 unspecified atom stereocenters. The van der Waals surface area contributed by atoms with Crippen molar-refractivity contribution in [2.24, 2.45) is 7.05 Å². The first-order valence-electron chi connectivity index (χ1n) is 4.33. The molecule has 2 aromatic rings. The van der Waals surface area contributed by atoms with E-state index in [4.69, 9.17) is 11.6 Å². The van der Waals surface area contributed by atoms with Crippen molar-refractivity contribution < 1.29 is 0 Å². The second-order valence-electron chi connectivity index (χ2n) is 3.15. The summed E-state index contributed by atoms with van der Waals surface area (Å²) in [5, 5.41) is 4.28. The van der Waals surface area contributed by atoms with E-state index in [0.29, 0.717) is 5.88 Å². The van der Waals surface area contributed by atoms with Gasteiger partial charge in [-0.05, 0) is 6.07 Å². The van der Waals surface area contributed by atoms with E-state index in [1.807, 2.05) is 30.1 Å². The highest BCUT2D eigenvalue weighted by Crippen LogP contribution is 2.03. The summed E-state index contributed by atoms with van der Waals surface area (Å²) in [7, 11) is 1.90. The van der Waals surface area contributed by atoms with Crippen molar-refractivity contribution in [2.45, 2.75) is 12.4 Å². The molecule has 0 aliphatic carbocycles. The molecule has 14 heavy (non-hydrogen) atoms. The van der Waals surface area contributed by atoms with Crippen molar-refractivity contribution in [1.82, 2.24) is 19.3 Å². The lowest BCUT2D eigenvalue weighted by atomic mass is 10.4. The third-order valence-electron chi connectivity index (χ3n) is 1.94. The number of nitrogens with zero attached hydrogens (tertiary/aromatic N) is 4. The van der Waals surface area contributed by atoms with Crippen LogP contribution in [0.1, 0.15) is 11.4 Å². The maximum atomic E-state index is 5.65. The number of rotatable bonds is 3. The predicted octanol–water partition coefficient (Wildman–Crippen LogP) is 1.40. The zero-order valence-corrected chi connectivity index (χ0v) is 8.65. The average Bonchev–Trinajstić information content (AvgIpc) is 2.76. The Bertz CT molecular complexity index is 418. The van der Waals surface area contributed by atoms with Crippen molar-refractivity contribution in [3.63, 3.8) is 0 Å². The van der Waals surface area contributed by atoms with Gasteiger partial charge in [0.2, 0.25) is 0 Å². The molecule has 0 saturated carbocycles. The van der Waals surface area contributed by atoms with Crippen LogP contribution in [-0.2, 0) is 19.5 Å². The lowest BCUT2D eigenvalue weighted by molar-refractivity contribution is 0.705. The molecule has 74 valence electrons. The first kappa shape index (κ1) is 9.27. The van der Waals surface area contributed by atoms with Gasteiger partial charge in [-0.15, -0.1) is 11.6 Å². The summed E-state index contributed by atoms with van der Waals surface area (Å²) >= 11 is 5.65. The van der Waals surface area contributed by atoms with Gasteiger partial charge in [-0.3, -0.25) is 4.68 Å². The molecule has 0 amide bonds. The topological polar surface area (TPSA) is 35.6 Å². The highest BCUT2D eigenvalue weighted by molar-refractivity contribution is 6.16. The minimum atomic E-state index is 0.454. The summed E-state index contributed by atoms with van der Waals surface area (Å²) in [6, 6.07) is 1.99. The molecule has 4 nitrogen and oxygen atoms in total. The van der Waals surface area contributed by atoms with Gasteiger partial charge in [0.25, 0.3) is 0 Å². The van der Waals surface area contributed by atoms with Crippen LogP contribution in [0.5, 0.6) is 0 Å². The number of halogens is 1. The number of alkyl halides is 1. The van der Waals surface area contributed by atoms with Crippen molar-refractivity contribution in [3.05, 3.63) is 36.2 Å². The molecule has 0 spiro atoms. The summed E-state index contributed by atoms with van der Waals surface area (Å²) in [6.45, 7) is 0.741. The summed E-state index contributed by atoms with van der Waals surface area (Å²) in [6.07, 6.45) is 5.63. The lowest BCUT2D eigenvalue weighted by Gasteiger charge is -1.96. The first-order chi connectivity index (χ1) is 6.78. The maximum Gasteiger partial charge on any atom is 0.0953 e. The SMILES string of the molecule is Cn1ccc(Cn2cnc(CCl)c2)n1. The third-order valence-corrected chi connectivity index (χ3v) is 2.21. The number of imidazole rings is 1. The minimum absolute atomic E-state index is 0.454. The normalized spacial score (nSPS) is 10.7. The second-order valence-corrected chi connectivity index (χ2v) is 3.42. The van der Waals surface area contributed by atoms with Crippen LogP contribution < -0.4 is 0 Å². The molecule has 0 bridgehead atoms. The Balaban J connectivity index is 2.10. The standard InChI is InChI=1S/C9H11ClN4/c1-13-3-2-8(12-13)5-14-6-9(4-10)11-7-14/h2-3,6-7H,4-5H2,1H3. The molecule has 0 aromatic carbocycles. The van der Waals surface area contributed by atoms with Crippen LogP contribution in [0, 0.1) is 0 Å². The van der Waals surface area contributed by atoms with Gasteiger partial charge in [0.1, 0.15) is 0 Å². The summed E-state index contributed by atoms with van der Waals surface area (Å²) in [4.78, 5) is 4.13. The van der Waals surface area contributed by atoms with Crippen LogP contribution in [0.25, 0.3) is 0 Å². The van der Waals surface area contributed by atoms with Gasteiger partial charge < -0.3 is 4.57 Å². The molecule has 2 aromatic heterocycles. The van der Waals surface area contributed by atoms with Crippen molar-refractivity contribution in [1.29, 1.82) is 0 Å². The molecule has 0 atom stereocenters. The molecule has 2 rings (SSSR count). The summed E-state index contributed by atoms with van der Waals surface area (Å²) < 4.78 is 3.76. The number of hydrogen-bond donors (Lipinski definition) is 0. The Labute approximate surface area is 87.1 Å². The van der Waals surface area contributed by atoms with Crippen LogP contribution in [0.3, 0.4) is 0 Å². The highest BCUT2D eigenvalue weighted by atomic mass is 35.5. The average molecular weight is 211 g/mol. The van der Waals surface area contributed by atoms with Gasteiger partial charge in [-0.2, -0.15) is 5.10 Å². The second kappa shape index (κ2) is 3.84. The number of hydrogen-bond acceptors (Lipinski definition) is 2. The van der Waals surface area contributed by atoms with E-state index in [-0.39, 0.29) is 0 Å². The quantitative estimate of drug-likeness (QED) is 0.718. The van der Waals surface area contributed by atoms with Crippen LogP contribution in [0.2, 0.25) is 0 Å². The molecule has 0 radical (unpaired) electrons. The highest BCUT2D eigenvalue weighted by Gasteiger charge is 2.00. The Hall–Kier alpha value is -1.29. The predicted molar refractivity (Wildman–Crippen MR) is 54.1 cm³/mol. The van der Waals surface area contributed by atoms with E-state index in [2.05, 4.69) is 10.1 Å². The summed E-state index contributed by atoms with van der Waals surface area (Å²) in [5.74, 6) is 0.454. The molecular weight excluding hydrogens is 200 g/mol. The molecule has 0 aliphatic heterocycles. The lowest BCUT2D eigenvalue weighted by Crippen LogP contribution is -1.98. The van der Waals surface area contributed by atoms with E-state index in [1.54, 1.807) is 11.0 Å². The van der Waals surface area contributed by atoms with E-state index < -0.39 is 0 Å². The fourth-order valence-corrected chi connectivity index (χ4v) is 1.43. The van der Waals surface area contributed by atoms with Gasteiger partial charge >= 0.3 is 0 Å². The Morgan fingerprint density at radius 3 is 2.86 bits per heavy atom. The number of aromatic nitrogens is 4. The van der Waals surface area contributed by atoms with Gasteiger partial charge in [-0.25, -0.2) is 4.98 Å². The monoisotopic (exact) mass is 210 g/mol. The van der Waals surface area contributed by atoms with Gasteiger partial charge in [0.05, 0.1) is 30.1 Å². The fourth-order valence-electron chi connectivity index (χ4n) is 1.30. The van der Waals surface area contributed by atoms with Gasteiger partial charge in [0, 0.05) is 19.4 Å². The molecule has 0 N–H and O–H groups in total. The van der Waals surface area contributed by atoms with E-state index in [9.17, 15) is 0 Å². The van der Waals surface area contributed by atoms with E-state index in [1.165, 1.54) is 0 Å². The van der Waals surface area contributed by atoms with Crippen LogP contribution in [0.4, 0.5) is 0 Å². The Morgan fingerprint density at radius 2 is 2.29 bits per heavy atom. The molecule has 5 heteroatoms. The Kier molecular flexibility index (Phi) is 2.54. The van der Waals surface area contributed by atoms with Crippen molar-refractivity contribution in [3.8, 4) is 0 Å². The maximum absolute atomic E-state index is 5.65. The zero-order valence-electron chi connectivity index (χ0n) is 7.89. The number of aryl methyl sites for hydroxylation is 1. The molecule has 0 aliphatic rings. The molecular formula is C9H11ClN4. The molecule has 2 heterocycles. The van der Waals surface area contributed by atoms with Crippen molar-refractivity contribution in [2.75, 3.05) is 0 Å². The summed E-state index contributed by atoms with van der Waals surface area (Å²) in [5.41, 5.74) is 1.91. The first-order valence-corrected chi connectivity index (χ1v) is 4.86. The largest absolute Gasteiger partial charge is 0.331 e. The third kappa shape index (κ3) is 1.96. The van der Waals surface area contributed by atoms with Crippen LogP contribution >= 0.6 is 11.6 Å². The Morgan fingerprint density at radius 1 is 1.43 bits per heavy atom. The van der Waals surface area contributed by atoms with Gasteiger partial charge in [0.15, 0.2) is 0 Å². The van der Waals surface area contributed by atoms with Crippen LogP contribution in [-0.4, -0.2) is 19.3 Å². The smallest absolute Gasteiger partial charge is 0.0953 e. The fraction of sp³-hybridized carbons (Fsp3) is 0.333. The minimum Gasteiger partial charge on any atom is -0.331 e. The van der Waals surface area contributed by atoms with Gasteiger partial charge in [-0.1, -0.05) is 0 Å². The van der Waals surface area contributed by atoms with Crippen LogP contribution in [0.15, 0.2) is 24.8 Å².